The van der Waals surface area contributed by atoms with Gasteiger partial charge in [0, 0.05) is 0 Å². The highest BCUT2D eigenvalue weighted by molar-refractivity contribution is 4.95. The summed E-state index contributed by atoms with van der Waals surface area (Å²) in [5, 5.41) is 0. The summed E-state index contributed by atoms with van der Waals surface area (Å²) in [6.07, 6.45) is 13.1. The molecule has 0 aliphatic heterocycles. The molecule has 0 unspecified atom stereocenters. The van der Waals surface area contributed by atoms with Gasteiger partial charge in [0.2, 0.25) is 0 Å². The first-order chi connectivity index (χ1) is 7.38. The summed E-state index contributed by atoms with van der Waals surface area (Å²) in [5.74, 6) is 3.99. The molecule has 0 aromatic rings. The van der Waals surface area contributed by atoms with Crippen LogP contribution in [0.3, 0.4) is 0 Å². The van der Waals surface area contributed by atoms with Crippen LogP contribution in [0.15, 0.2) is 0 Å². The van der Waals surface area contributed by atoms with Crippen LogP contribution >= 0.6 is 0 Å². The minimum atomic E-state index is 0.674. The normalized spacial score (nSPS) is 56.8. The molecule has 0 aromatic heterocycles. The maximum Gasteiger partial charge on any atom is 0.0609 e. The lowest BCUT2D eigenvalue weighted by atomic mass is 9.95. The average Bonchev–Trinajstić information content (AvgIpc) is 2.96. The molecule has 4 bridgehead atoms. The second-order valence-corrected chi connectivity index (χ2v) is 6.56. The fraction of sp³-hybridized carbons (Fsp3) is 1.00. The largest absolute Gasteiger partial charge is 0.374 e. The van der Waals surface area contributed by atoms with Crippen molar-refractivity contribution in [3.8, 4) is 0 Å². The maximum atomic E-state index is 6.44. The third kappa shape index (κ3) is 1.39. The number of fused-ring (bicyclic) bond motifs is 4. The average molecular weight is 206 g/mol. The van der Waals surface area contributed by atoms with Gasteiger partial charge in [-0.05, 0) is 75.0 Å². The zero-order valence-electron chi connectivity index (χ0n) is 9.53. The summed E-state index contributed by atoms with van der Waals surface area (Å²) in [6.45, 7) is 0. The molecule has 4 aliphatic rings. The Labute approximate surface area is 92.6 Å². The van der Waals surface area contributed by atoms with E-state index in [1.807, 2.05) is 0 Å². The van der Waals surface area contributed by atoms with Crippen LogP contribution in [0.1, 0.15) is 51.4 Å². The summed E-state index contributed by atoms with van der Waals surface area (Å²) < 4.78 is 6.44. The van der Waals surface area contributed by atoms with E-state index in [-0.39, 0.29) is 0 Å². The van der Waals surface area contributed by atoms with Crippen molar-refractivity contribution in [3.63, 3.8) is 0 Å². The van der Waals surface area contributed by atoms with Crippen molar-refractivity contribution in [2.75, 3.05) is 0 Å². The zero-order chi connectivity index (χ0) is 9.83. The van der Waals surface area contributed by atoms with E-state index in [0.29, 0.717) is 12.2 Å². The van der Waals surface area contributed by atoms with Gasteiger partial charge in [0.1, 0.15) is 0 Å². The SMILES string of the molecule is C1C[C@@H]2C[C@H]1C[C@H]2O[C@@H]1C[C@H]2CC[C@@H]1C2. The molecule has 1 nitrogen and oxygen atoms in total. The molecule has 0 aromatic carbocycles. The molecular weight excluding hydrogens is 184 g/mol. The first-order valence-corrected chi connectivity index (χ1v) is 7.04. The Hall–Kier alpha value is -0.0400. The Balaban J connectivity index is 1.40. The summed E-state index contributed by atoms with van der Waals surface area (Å²) in [6, 6.07) is 0. The fourth-order valence-electron chi connectivity index (χ4n) is 4.93. The van der Waals surface area contributed by atoms with Crippen molar-refractivity contribution >= 4 is 0 Å². The van der Waals surface area contributed by atoms with E-state index in [1.54, 1.807) is 0 Å². The van der Waals surface area contributed by atoms with E-state index < -0.39 is 0 Å². The highest BCUT2D eigenvalue weighted by Gasteiger charge is 2.45. The molecule has 84 valence electrons. The van der Waals surface area contributed by atoms with Crippen LogP contribution < -0.4 is 0 Å². The molecule has 4 fully saturated rings. The van der Waals surface area contributed by atoms with Gasteiger partial charge in [-0.2, -0.15) is 0 Å². The van der Waals surface area contributed by atoms with Crippen LogP contribution in [0.4, 0.5) is 0 Å². The van der Waals surface area contributed by atoms with Gasteiger partial charge in [0.05, 0.1) is 12.2 Å². The van der Waals surface area contributed by atoms with Crippen LogP contribution in [0.25, 0.3) is 0 Å². The highest BCUT2D eigenvalue weighted by Crippen LogP contribution is 2.50. The lowest BCUT2D eigenvalue weighted by Crippen LogP contribution is -2.30. The van der Waals surface area contributed by atoms with Gasteiger partial charge in [0.25, 0.3) is 0 Å². The predicted molar refractivity (Wildman–Crippen MR) is 59.6 cm³/mol. The molecule has 0 heterocycles. The number of ether oxygens (including phenoxy) is 1. The Morgan fingerprint density at radius 2 is 1.13 bits per heavy atom. The van der Waals surface area contributed by atoms with Crippen molar-refractivity contribution in [2.45, 2.75) is 63.6 Å². The van der Waals surface area contributed by atoms with E-state index in [0.717, 1.165) is 23.7 Å². The van der Waals surface area contributed by atoms with Crippen molar-refractivity contribution in [3.05, 3.63) is 0 Å². The Bertz CT molecular complexity index is 236. The Kier molecular flexibility index (Phi) is 1.94. The fourth-order valence-corrected chi connectivity index (χ4v) is 4.93. The molecule has 4 aliphatic carbocycles. The summed E-state index contributed by atoms with van der Waals surface area (Å²) >= 11 is 0. The number of hydrogen-bond donors (Lipinski definition) is 0. The van der Waals surface area contributed by atoms with Crippen LogP contribution in [-0.4, -0.2) is 12.2 Å². The highest BCUT2D eigenvalue weighted by atomic mass is 16.5. The monoisotopic (exact) mass is 206 g/mol. The van der Waals surface area contributed by atoms with Gasteiger partial charge < -0.3 is 4.74 Å². The lowest BCUT2D eigenvalue weighted by molar-refractivity contribution is -0.0622. The number of rotatable bonds is 2. The summed E-state index contributed by atoms with van der Waals surface area (Å²) in [5.41, 5.74) is 0. The Morgan fingerprint density at radius 1 is 0.600 bits per heavy atom. The molecular formula is C14H22O. The zero-order valence-corrected chi connectivity index (χ0v) is 9.53. The minimum absolute atomic E-state index is 0.674. The van der Waals surface area contributed by atoms with Gasteiger partial charge in [-0.3, -0.25) is 0 Å². The lowest BCUT2D eigenvalue weighted by Gasteiger charge is -2.30. The van der Waals surface area contributed by atoms with Gasteiger partial charge >= 0.3 is 0 Å². The van der Waals surface area contributed by atoms with Crippen molar-refractivity contribution in [1.82, 2.24) is 0 Å². The van der Waals surface area contributed by atoms with Crippen LogP contribution in [0.2, 0.25) is 0 Å². The second-order valence-electron chi connectivity index (χ2n) is 6.56. The van der Waals surface area contributed by atoms with Crippen molar-refractivity contribution < 1.29 is 4.74 Å². The molecule has 0 radical (unpaired) electrons. The summed E-state index contributed by atoms with van der Waals surface area (Å²) in [7, 11) is 0. The van der Waals surface area contributed by atoms with E-state index in [9.17, 15) is 0 Å². The molecule has 1 heteroatoms. The van der Waals surface area contributed by atoms with Gasteiger partial charge in [-0.25, -0.2) is 0 Å². The van der Waals surface area contributed by atoms with Crippen molar-refractivity contribution in [2.24, 2.45) is 23.7 Å². The van der Waals surface area contributed by atoms with Gasteiger partial charge in [-0.1, -0.05) is 0 Å². The van der Waals surface area contributed by atoms with Gasteiger partial charge in [0.15, 0.2) is 0 Å². The summed E-state index contributed by atoms with van der Waals surface area (Å²) in [4.78, 5) is 0. The molecule has 4 saturated carbocycles. The molecule has 6 atom stereocenters. The standard InChI is InChI=1S/C14H22O/c1-3-11-5-9(1)7-13(11)15-14-8-10-2-4-12(14)6-10/h9-14H,1-8H2/t9-,10-,11+,12+,13+,14+/m0/s1. The third-order valence-corrected chi connectivity index (χ3v) is 5.70. The predicted octanol–water partition coefficient (Wildman–Crippen LogP) is 3.38. The molecule has 0 saturated heterocycles. The van der Waals surface area contributed by atoms with E-state index in [1.165, 1.54) is 51.4 Å². The molecule has 0 spiro atoms. The first-order valence-electron chi connectivity index (χ1n) is 7.04. The van der Waals surface area contributed by atoms with Gasteiger partial charge in [-0.15, -0.1) is 0 Å². The molecule has 4 rings (SSSR count). The Morgan fingerprint density at radius 3 is 1.47 bits per heavy atom. The smallest absolute Gasteiger partial charge is 0.0609 e. The second kappa shape index (κ2) is 3.23. The van der Waals surface area contributed by atoms with E-state index >= 15 is 0 Å². The van der Waals surface area contributed by atoms with Crippen LogP contribution in [0, 0.1) is 23.7 Å². The minimum Gasteiger partial charge on any atom is -0.374 e. The van der Waals surface area contributed by atoms with E-state index in [4.69, 9.17) is 4.74 Å². The molecule has 0 amide bonds. The molecule has 0 N–H and O–H groups in total. The quantitative estimate of drug-likeness (QED) is 0.673. The number of hydrogen-bond acceptors (Lipinski definition) is 1. The third-order valence-electron chi connectivity index (χ3n) is 5.70. The van der Waals surface area contributed by atoms with Crippen LogP contribution in [0.5, 0.6) is 0 Å². The van der Waals surface area contributed by atoms with Crippen LogP contribution in [-0.2, 0) is 4.74 Å². The maximum absolute atomic E-state index is 6.44. The topological polar surface area (TPSA) is 9.23 Å². The van der Waals surface area contributed by atoms with Crippen molar-refractivity contribution in [1.29, 1.82) is 0 Å². The first kappa shape index (κ1) is 9.04. The molecule has 15 heavy (non-hydrogen) atoms. The van der Waals surface area contributed by atoms with E-state index in [2.05, 4.69) is 0 Å².